The van der Waals surface area contributed by atoms with E-state index in [2.05, 4.69) is 17.4 Å². The number of benzene rings is 2. The molecule has 0 fully saturated rings. The molecule has 142 valence electrons. The van der Waals surface area contributed by atoms with Crippen LogP contribution >= 0.6 is 0 Å². The summed E-state index contributed by atoms with van der Waals surface area (Å²) in [5.41, 5.74) is 7.04. The van der Waals surface area contributed by atoms with Gasteiger partial charge in [-0.05, 0) is 56.2 Å². The average molecular weight is 368 g/mol. The number of rotatable bonds is 7. The van der Waals surface area contributed by atoms with E-state index < -0.39 is 17.9 Å². The van der Waals surface area contributed by atoms with Gasteiger partial charge in [0.05, 0.1) is 0 Å². The van der Waals surface area contributed by atoms with Crippen molar-refractivity contribution < 1.29 is 19.1 Å². The van der Waals surface area contributed by atoms with E-state index in [1.165, 1.54) is 0 Å². The van der Waals surface area contributed by atoms with E-state index >= 15 is 0 Å². The molecule has 0 saturated heterocycles. The highest BCUT2D eigenvalue weighted by Gasteiger charge is 2.17. The predicted molar refractivity (Wildman–Crippen MR) is 104 cm³/mol. The highest BCUT2D eigenvalue weighted by Crippen LogP contribution is 2.23. The summed E-state index contributed by atoms with van der Waals surface area (Å²) < 4.78 is 11.1. The first-order valence-electron chi connectivity index (χ1n) is 8.59. The quantitative estimate of drug-likeness (QED) is 0.582. The average Bonchev–Trinajstić information content (AvgIpc) is 2.67. The van der Waals surface area contributed by atoms with Gasteiger partial charge in [-0.1, -0.05) is 30.9 Å². The van der Waals surface area contributed by atoms with Gasteiger partial charge in [0.15, 0.2) is 6.10 Å². The van der Waals surface area contributed by atoms with Crippen LogP contribution in [0.1, 0.15) is 28.4 Å². The Bertz CT molecular complexity index is 795. The van der Waals surface area contributed by atoms with Gasteiger partial charge in [0, 0.05) is 5.56 Å². The maximum absolute atomic E-state index is 12.2. The van der Waals surface area contributed by atoms with Gasteiger partial charge in [-0.3, -0.25) is 20.4 Å². The van der Waals surface area contributed by atoms with Crippen LogP contribution in [0.5, 0.6) is 11.5 Å². The molecule has 2 aromatic rings. The summed E-state index contributed by atoms with van der Waals surface area (Å²) in [6.07, 6.45) is 0.873. The molecule has 0 radical (unpaired) electrons. The Morgan fingerprint density at radius 3 is 2.30 bits per heavy atom. The molecular weight excluding hydrogens is 344 g/mol. The maximum atomic E-state index is 12.2. The number of ether oxygens (including phenoxy) is 2. The number of para-hydroxylation sites is 1. The highest BCUT2D eigenvalue weighted by atomic mass is 16.5. The van der Waals surface area contributed by atoms with E-state index in [0.29, 0.717) is 23.7 Å². The lowest BCUT2D eigenvalue weighted by Crippen LogP contribution is -2.47. The van der Waals surface area contributed by atoms with Gasteiger partial charge in [-0.25, -0.2) is 0 Å². The third-order valence-corrected chi connectivity index (χ3v) is 3.86. The van der Waals surface area contributed by atoms with Crippen molar-refractivity contribution in [3.8, 4) is 11.5 Å². The molecule has 2 N–H and O–H groups in total. The maximum Gasteiger partial charge on any atom is 0.279 e. The van der Waals surface area contributed by atoms with Crippen LogP contribution < -0.4 is 20.3 Å². The van der Waals surface area contributed by atoms with Gasteiger partial charge >= 0.3 is 0 Å². The van der Waals surface area contributed by atoms with Crippen LogP contribution in [0.15, 0.2) is 55.1 Å². The molecule has 0 aliphatic carbocycles. The van der Waals surface area contributed by atoms with Gasteiger partial charge in [0.1, 0.15) is 18.1 Å². The number of aryl methyl sites for hydroxylation is 2. The van der Waals surface area contributed by atoms with Crippen molar-refractivity contribution in [3.63, 3.8) is 0 Å². The van der Waals surface area contributed by atoms with E-state index in [0.717, 1.165) is 11.1 Å². The van der Waals surface area contributed by atoms with Crippen molar-refractivity contribution in [2.24, 2.45) is 0 Å². The van der Waals surface area contributed by atoms with Gasteiger partial charge in [-0.15, -0.1) is 0 Å². The molecular formula is C21H24N2O4. The molecule has 0 aromatic heterocycles. The Morgan fingerprint density at radius 1 is 1.07 bits per heavy atom. The summed E-state index contributed by atoms with van der Waals surface area (Å²) in [4.78, 5) is 24.3. The number of hydrogen-bond donors (Lipinski definition) is 2. The molecule has 27 heavy (non-hydrogen) atoms. The molecule has 0 aliphatic heterocycles. The molecule has 6 heteroatoms. The van der Waals surface area contributed by atoms with Crippen molar-refractivity contribution in [1.82, 2.24) is 10.9 Å². The lowest BCUT2D eigenvalue weighted by molar-refractivity contribution is -0.128. The minimum Gasteiger partial charge on any atom is -0.490 e. The number of hydrogen-bond acceptors (Lipinski definition) is 4. The molecule has 2 amide bonds. The van der Waals surface area contributed by atoms with Crippen LogP contribution in [0, 0.1) is 13.8 Å². The Morgan fingerprint density at radius 2 is 1.70 bits per heavy atom. The molecule has 1 atom stereocenters. The Labute approximate surface area is 159 Å². The SMILES string of the molecule is C=CCOc1ccc(C(=O)NNC(=O)[C@H](C)Oc2c(C)cccc2C)cc1. The number of carbonyl (C=O) groups is 2. The van der Waals surface area contributed by atoms with E-state index in [1.807, 2.05) is 32.0 Å². The number of hydrazine groups is 1. The summed E-state index contributed by atoms with van der Waals surface area (Å²) in [6.45, 7) is 9.41. The first-order valence-corrected chi connectivity index (χ1v) is 8.59. The van der Waals surface area contributed by atoms with Crippen LogP contribution in [0.3, 0.4) is 0 Å². The lowest BCUT2D eigenvalue weighted by atomic mass is 10.1. The molecule has 2 aromatic carbocycles. The number of amides is 2. The molecule has 0 unspecified atom stereocenters. The van der Waals surface area contributed by atoms with Gasteiger partial charge in [0.2, 0.25) is 0 Å². The van der Waals surface area contributed by atoms with Gasteiger partial charge < -0.3 is 9.47 Å². The second-order valence-corrected chi connectivity index (χ2v) is 6.05. The third kappa shape index (κ3) is 5.60. The molecule has 0 saturated carbocycles. The fraction of sp³-hybridized carbons (Fsp3) is 0.238. The lowest BCUT2D eigenvalue weighted by Gasteiger charge is -2.18. The highest BCUT2D eigenvalue weighted by molar-refractivity contribution is 5.95. The van der Waals surface area contributed by atoms with E-state index in [1.54, 1.807) is 37.3 Å². The first-order chi connectivity index (χ1) is 12.9. The molecule has 6 nitrogen and oxygen atoms in total. The summed E-state index contributed by atoms with van der Waals surface area (Å²) >= 11 is 0. The zero-order valence-corrected chi connectivity index (χ0v) is 15.7. The van der Waals surface area contributed by atoms with Gasteiger partial charge in [-0.2, -0.15) is 0 Å². The zero-order chi connectivity index (χ0) is 19.8. The van der Waals surface area contributed by atoms with Crippen LogP contribution in [0.4, 0.5) is 0 Å². The summed E-state index contributed by atoms with van der Waals surface area (Å²) in [7, 11) is 0. The van der Waals surface area contributed by atoms with Crippen LogP contribution in [-0.4, -0.2) is 24.5 Å². The van der Waals surface area contributed by atoms with E-state index in [9.17, 15) is 9.59 Å². The van der Waals surface area contributed by atoms with Crippen molar-refractivity contribution in [1.29, 1.82) is 0 Å². The topological polar surface area (TPSA) is 76.7 Å². The smallest absolute Gasteiger partial charge is 0.279 e. The van der Waals surface area contributed by atoms with E-state index in [4.69, 9.17) is 9.47 Å². The van der Waals surface area contributed by atoms with E-state index in [-0.39, 0.29) is 0 Å². The Hall–Kier alpha value is -3.28. The minimum atomic E-state index is -0.764. The van der Waals surface area contributed by atoms with Crippen molar-refractivity contribution >= 4 is 11.8 Å². The largest absolute Gasteiger partial charge is 0.490 e. The molecule has 0 bridgehead atoms. The van der Waals surface area contributed by atoms with Gasteiger partial charge in [0.25, 0.3) is 11.8 Å². The van der Waals surface area contributed by atoms with Crippen LogP contribution in [-0.2, 0) is 4.79 Å². The van der Waals surface area contributed by atoms with Crippen LogP contribution in [0.25, 0.3) is 0 Å². The zero-order valence-electron chi connectivity index (χ0n) is 15.7. The second kappa shape index (κ2) is 9.43. The van der Waals surface area contributed by atoms with Crippen molar-refractivity contribution in [2.45, 2.75) is 26.9 Å². The summed E-state index contributed by atoms with van der Waals surface area (Å²) in [5, 5.41) is 0. The molecule has 0 heterocycles. The summed E-state index contributed by atoms with van der Waals surface area (Å²) in [5.74, 6) is 0.419. The van der Waals surface area contributed by atoms with Crippen molar-refractivity contribution in [3.05, 3.63) is 71.8 Å². The molecule has 0 spiro atoms. The number of carbonyl (C=O) groups excluding carboxylic acids is 2. The monoisotopic (exact) mass is 368 g/mol. The fourth-order valence-electron chi connectivity index (χ4n) is 2.37. The standard InChI is InChI=1S/C21H24N2O4/c1-5-13-26-18-11-9-17(10-12-18)21(25)23-22-20(24)16(4)27-19-14(2)7-6-8-15(19)3/h5-12,16H,1,13H2,2-4H3,(H,22,24)(H,23,25)/t16-/m0/s1. The molecule has 2 rings (SSSR count). The number of nitrogens with one attached hydrogen (secondary N) is 2. The minimum absolute atomic E-state index is 0.389. The third-order valence-electron chi connectivity index (χ3n) is 3.86. The summed E-state index contributed by atoms with van der Waals surface area (Å²) in [6, 6.07) is 12.3. The molecule has 0 aliphatic rings. The Balaban J connectivity index is 1.88. The second-order valence-electron chi connectivity index (χ2n) is 6.05. The van der Waals surface area contributed by atoms with Crippen molar-refractivity contribution in [2.75, 3.05) is 6.61 Å². The normalized spacial score (nSPS) is 11.2. The first kappa shape index (κ1) is 20.0. The fourth-order valence-corrected chi connectivity index (χ4v) is 2.37. The Kier molecular flexibility index (Phi) is 7.00. The predicted octanol–water partition coefficient (Wildman–Crippen LogP) is 3.10. The van der Waals surface area contributed by atoms with Crippen LogP contribution in [0.2, 0.25) is 0 Å².